The van der Waals surface area contributed by atoms with E-state index in [9.17, 15) is 25.5 Å². The highest BCUT2D eigenvalue weighted by Crippen LogP contribution is 2.38. The first-order valence-electron chi connectivity index (χ1n) is 10.4. The Morgan fingerprint density at radius 1 is 1.07 bits per heavy atom. The number of aryl methyl sites for hydroxylation is 3. The third-order valence-corrected chi connectivity index (χ3v) is 5.72. The van der Waals surface area contributed by atoms with Gasteiger partial charge in [0.1, 0.15) is 36.3 Å². The van der Waals surface area contributed by atoms with E-state index in [1.54, 1.807) is 12.1 Å². The van der Waals surface area contributed by atoms with E-state index in [1.165, 1.54) is 0 Å². The zero-order valence-corrected chi connectivity index (χ0v) is 15.5. The Kier molecular flexibility index (Phi) is 4.52. The number of aromatic hydroxyl groups is 1. The highest BCUT2D eigenvalue weighted by atomic mass is 16.5. The number of hydrogen-bond donors (Lipinski definition) is 5. The third-order valence-electron chi connectivity index (χ3n) is 5.72. The fourth-order valence-corrected chi connectivity index (χ4v) is 3.89. The van der Waals surface area contributed by atoms with Gasteiger partial charge < -0.3 is 30.3 Å². The lowest BCUT2D eigenvalue weighted by molar-refractivity contribution is -0.232. The number of benzene rings is 2. The van der Waals surface area contributed by atoms with Crippen LogP contribution in [0.5, 0.6) is 5.75 Å². The van der Waals surface area contributed by atoms with Crippen LogP contribution in [0.3, 0.4) is 0 Å². The standard InChI is InChI=1S/C22H26O6/c1-11-6-17(24)16(22-21(27)20(26)19(25)18(10-23)28-22)9-15(11)8-12-2-3-13-4-5-14(13)7-12/h2-3,6-7,9,18-27H,4-5,8,10H2,1H3/t18-,19-,20+,21-,22+/m1/s1/i5D2. The van der Waals surface area contributed by atoms with E-state index >= 15 is 0 Å². The summed E-state index contributed by atoms with van der Waals surface area (Å²) in [5.74, 6) is -0.117. The predicted octanol–water partition coefficient (Wildman–Crippen LogP) is 0.905. The number of rotatable bonds is 4. The van der Waals surface area contributed by atoms with E-state index in [-0.39, 0.29) is 11.3 Å². The molecular weight excluding hydrogens is 360 g/mol. The van der Waals surface area contributed by atoms with E-state index in [4.69, 9.17) is 7.48 Å². The quantitative estimate of drug-likeness (QED) is 0.532. The number of ether oxygens (including phenoxy) is 1. The molecule has 4 rings (SSSR count). The molecule has 0 bridgehead atoms. The maximum absolute atomic E-state index is 10.5. The van der Waals surface area contributed by atoms with Gasteiger partial charge in [0.05, 0.1) is 6.61 Å². The van der Waals surface area contributed by atoms with Gasteiger partial charge in [0.25, 0.3) is 0 Å². The molecule has 5 atom stereocenters. The number of aliphatic hydroxyl groups excluding tert-OH is 4. The summed E-state index contributed by atoms with van der Waals surface area (Å²) in [6, 6.07) is 8.98. The Hall–Kier alpha value is -1.96. The minimum Gasteiger partial charge on any atom is -0.508 e. The maximum atomic E-state index is 10.5. The molecule has 1 aliphatic carbocycles. The zero-order chi connectivity index (χ0) is 21.8. The van der Waals surface area contributed by atoms with E-state index in [2.05, 4.69) is 0 Å². The Morgan fingerprint density at radius 2 is 1.86 bits per heavy atom. The van der Waals surface area contributed by atoms with E-state index in [0.717, 1.165) is 22.3 Å². The van der Waals surface area contributed by atoms with Crippen molar-refractivity contribution in [1.82, 2.24) is 0 Å². The van der Waals surface area contributed by atoms with E-state index < -0.39 is 43.5 Å². The zero-order valence-electron chi connectivity index (χ0n) is 17.5. The van der Waals surface area contributed by atoms with Crippen LogP contribution in [0.4, 0.5) is 0 Å². The molecule has 6 heteroatoms. The first-order valence-corrected chi connectivity index (χ1v) is 9.37. The van der Waals surface area contributed by atoms with Crippen LogP contribution in [0.15, 0.2) is 30.3 Å². The summed E-state index contributed by atoms with van der Waals surface area (Å²) in [6.45, 7) is 1.30. The van der Waals surface area contributed by atoms with Gasteiger partial charge in [-0.05, 0) is 66.1 Å². The fourth-order valence-electron chi connectivity index (χ4n) is 3.89. The van der Waals surface area contributed by atoms with Crippen LogP contribution in [0.25, 0.3) is 0 Å². The normalized spacial score (nSPS) is 32.1. The van der Waals surface area contributed by atoms with Crippen LogP contribution < -0.4 is 0 Å². The third kappa shape index (κ3) is 3.32. The molecular formula is C22H26O6. The van der Waals surface area contributed by atoms with Crippen LogP contribution in [0.1, 0.15) is 42.2 Å². The van der Waals surface area contributed by atoms with Gasteiger partial charge in [-0.1, -0.05) is 18.2 Å². The Labute approximate surface area is 166 Å². The van der Waals surface area contributed by atoms with Gasteiger partial charge in [0, 0.05) is 8.30 Å². The Balaban J connectivity index is 1.66. The monoisotopic (exact) mass is 388 g/mol. The maximum Gasteiger partial charge on any atom is 0.121 e. The molecule has 1 saturated heterocycles. The Bertz CT molecular complexity index is 961. The van der Waals surface area contributed by atoms with Crippen LogP contribution >= 0.6 is 0 Å². The van der Waals surface area contributed by atoms with Gasteiger partial charge in [0.15, 0.2) is 0 Å². The molecule has 5 N–H and O–H groups in total. The molecule has 0 aromatic heterocycles. The van der Waals surface area contributed by atoms with Crippen molar-refractivity contribution < 1.29 is 33.0 Å². The Morgan fingerprint density at radius 3 is 2.57 bits per heavy atom. The topological polar surface area (TPSA) is 110 Å². The molecule has 1 fully saturated rings. The largest absolute Gasteiger partial charge is 0.508 e. The molecule has 1 heterocycles. The number of fused-ring (bicyclic) bond motifs is 1. The van der Waals surface area contributed by atoms with E-state index in [1.807, 2.05) is 25.1 Å². The molecule has 1 aliphatic heterocycles. The summed E-state index contributed by atoms with van der Waals surface area (Å²) in [6.07, 6.45) is -7.06. The van der Waals surface area contributed by atoms with Crippen molar-refractivity contribution in [3.05, 3.63) is 63.7 Å². The van der Waals surface area contributed by atoms with Gasteiger partial charge in [-0.15, -0.1) is 0 Å². The molecule has 0 spiro atoms. The number of phenolic OH excluding ortho intramolecular Hbond substituents is 1. The lowest BCUT2D eigenvalue weighted by atomic mass is 9.85. The van der Waals surface area contributed by atoms with Crippen molar-refractivity contribution in [3.8, 4) is 5.75 Å². The number of aliphatic hydroxyl groups is 4. The summed E-state index contributed by atoms with van der Waals surface area (Å²) < 4.78 is 21.6. The van der Waals surface area contributed by atoms with Crippen LogP contribution in [-0.4, -0.2) is 56.6 Å². The average molecular weight is 388 g/mol. The summed E-state index contributed by atoms with van der Waals surface area (Å²) in [4.78, 5) is 0. The molecule has 2 aromatic rings. The van der Waals surface area contributed by atoms with Gasteiger partial charge in [-0.25, -0.2) is 0 Å². The van der Waals surface area contributed by atoms with Crippen molar-refractivity contribution >= 4 is 0 Å². The van der Waals surface area contributed by atoms with Crippen molar-refractivity contribution in [2.45, 2.75) is 56.7 Å². The smallest absolute Gasteiger partial charge is 0.121 e. The van der Waals surface area contributed by atoms with Crippen LogP contribution in [-0.2, 0) is 24.0 Å². The second kappa shape index (κ2) is 7.46. The van der Waals surface area contributed by atoms with Gasteiger partial charge in [-0.2, -0.15) is 0 Å². The lowest BCUT2D eigenvalue weighted by Gasteiger charge is -2.40. The summed E-state index contributed by atoms with van der Waals surface area (Å²) in [5.41, 5.74) is 4.54. The molecule has 0 radical (unpaired) electrons. The summed E-state index contributed by atoms with van der Waals surface area (Å²) in [5, 5.41) is 50.4. The SMILES string of the molecule is [2H]C1([2H])Cc2ccc(Cc3cc([C@@H]4O[C@H](CO)[C@@H](O)[C@H](O)[C@H]4O)c(O)cc3C)cc21. The van der Waals surface area contributed by atoms with Crippen molar-refractivity contribution in [1.29, 1.82) is 0 Å². The molecule has 150 valence electrons. The molecule has 0 amide bonds. The number of phenols is 1. The van der Waals surface area contributed by atoms with Gasteiger partial charge in [0.2, 0.25) is 0 Å². The molecule has 2 aliphatic rings. The predicted molar refractivity (Wildman–Crippen MR) is 102 cm³/mol. The first kappa shape index (κ1) is 16.9. The molecule has 28 heavy (non-hydrogen) atoms. The molecule has 6 nitrogen and oxygen atoms in total. The van der Waals surface area contributed by atoms with Crippen LogP contribution in [0, 0.1) is 6.92 Å². The fraction of sp³-hybridized carbons (Fsp3) is 0.455. The van der Waals surface area contributed by atoms with Crippen LogP contribution in [0.2, 0.25) is 0 Å². The highest BCUT2D eigenvalue weighted by Gasteiger charge is 2.44. The molecule has 0 saturated carbocycles. The second-order valence-electron chi connectivity index (χ2n) is 7.61. The van der Waals surface area contributed by atoms with Crippen molar-refractivity contribution in [2.24, 2.45) is 0 Å². The number of hydrogen-bond acceptors (Lipinski definition) is 6. The molecule has 2 aromatic carbocycles. The highest BCUT2D eigenvalue weighted by molar-refractivity contribution is 5.46. The van der Waals surface area contributed by atoms with E-state index in [0.29, 0.717) is 18.4 Å². The molecule has 0 unspecified atom stereocenters. The van der Waals surface area contributed by atoms with Gasteiger partial charge >= 0.3 is 0 Å². The minimum absolute atomic E-state index is 0.117. The average Bonchev–Trinajstić information content (AvgIpc) is 2.69. The first-order chi connectivity index (χ1) is 14.1. The van der Waals surface area contributed by atoms with Gasteiger partial charge in [-0.3, -0.25) is 0 Å². The van der Waals surface area contributed by atoms with Crippen molar-refractivity contribution in [2.75, 3.05) is 6.61 Å². The lowest BCUT2D eigenvalue weighted by Crippen LogP contribution is -2.55. The second-order valence-corrected chi connectivity index (χ2v) is 7.61. The minimum atomic E-state index is -1.53. The van der Waals surface area contributed by atoms with Crippen molar-refractivity contribution in [3.63, 3.8) is 0 Å². The summed E-state index contributed by atoms with van der Waals surface area (Å²) in [7, 11) is 0. The summed E-state index contributed by atoms with van der Waals surface area (Å²) >= 11 is 0.